The molecule has 0 saturated carbocycles. The molecule has 1 nitrogen and oxygen atoms in total. The van der Waals surface area contributed by atoms with Crippen LogP contribution in [0, 0.1) is 0 Å². The minimum absolute atomic E-state index is 1.15. The third-order valence-electron chi connectivity index (χ3n) is 9.89. The number of anilines is 3. The molecule has 0 aliphatic heterocycles. The molecule has 0 bridgehead atoms. The fraction of sp³-hybridized carbons (Fsp3) is 0. The number of thiophene rings is 2. The van der Waals surface area contributed by atoms with Crippen LogP contribution in [0.2, 0.25) is 0 Å². The van der Waals surface area contributed by atoms with Gasteiger partial charge < -0.3 is 4.90 Å². The second-order valence-corrected chi connectivity index (χ2v) is 15.0. The molecule has 10 aromatic rings. The highest BCUT2D eigenvalue weighted by Crippen LogP contribution is 2.49. The lowest BCUT2D eigenvalue weighted by Gasteiger charge is -2.29. The fourth-order valence-corrected chi connectivity index (χ4v) is 9.76. The lowest BCUT2D eigenvalue weighted by atomic mass is 9.95. The van der Waals surface area contributed by atoms with Crippen LogP contribution in [0.4, 0.5) is 17.1 Å². The van der Waals surface area contributed by atoms with Crippen LogP contribution in [0.3, 0.4) is 0 Å². The molecule has 0 amide bonds. The first-order chi connectivity index (χ1) is 25.3. The smallest absolute Gasteiger partial charge is 0.0640 e. The van der Waals surface area contributed by atoms with Crippen LogP contribution in [0.1, 0.15) is 0 Å². The van der Waals surface area contributed by atoms with Crippen LogP contribution < -0.4 is 4.90 Å². The van der Waals surface area contributed by atoms with E-state index in [1.54, 1.807) is 0 Å². The lowest BCUT2D eigenvalue weighted by Crippen LogP contribution is -2.11. The highest BCUT2D eigenvalue weighted by Gasteiger charge is 2.22. The van der Waals surface area contributed by atoms with Crippen molar-refractivity contribution in [3.05, 3.63) is 188 Å². The van der Waals surface area contributed by atoms with Crippen molar-refractivity contribution in [3.63, 3.8) is 0 Å². The van der Waals surface area contributed by atoms with Crippen molar-refractivity contribution in [1.82, 2.24) is 0 Å². The Kier molecular flexibility index (Phi) is 7.26. The number of rotatable bonds is 6. The Bertz CT molecular complexity index is 2850. The number of fused-ring (bicyclic) bond motifs is 6. The van der Waals surface area contributed by atoms with Gasteiger partial charge in [0.25, 0.3) is 0 Å². The second kappa shape index (κ2) is 12.4. The first-order valence-electron chi connectivity index (χ1n) is 17.3. The van der Waals surface area contributed by atoms with Gasteiger partial charge in [-0.3, -0.25) is 0 Å². The SMILES string of the molecule is c1ccc(-c2ccc(-c3ccc(N(c4ccc5c(c4)sc4ccccc45)c4cccc5c4sc4ccccc45)c(-c4ccccc4)c3)cc2)cc1. The molecule has 10 rings (SSSR count). The van der Waals surface area contributed by atoms with Crippen molar-refractivity contribution in [2.24, 2.45) is 0 Å². The van der Waals surface area contributed by atoms with E-state index in [2.05, 4.69) is 193 Å². The number of benzene rings is 8. The number of nitrogens with zero attached hydrogens (tertiary/aromatic N) is 1. The molecule has 2 heterocycles. The van der Waals surface area contributed by atoms with E-state index in [0.717, 1.165) is 11.4 Å². The molecule has 51 heavy (non-hydrogen) atoms. The molecule has 240 valence electrons. The average Bonchev–Trinajstić information content (AvgIpc) is 3.78. The van der Waals surface area contributed by atoms with Crippen molar-refractivity contribution >= 4 is 80.1 Å². The molecule has 0 saturated heterocycles. The van der Waals surface area contributed by atoms with Gasteiger partial charge in [0.1, 0.15) is 0 Å². The van der Waals surface area contributed by atoms with Crippen LogP contribution in [0.15, 0.2) is 188 Å². The maximum atomic E-state index is 2.49. The lowest BCUT2D eigenvalue weighted by molar-refractivity contribution is 1.31. The standard InChI is InChI=1S/C48H31NS2/c1-3-12-32(13-4-1)33-22-24-34(25-23-33)36-26-29-43(42(30-36)35-14-5-2-6-15-35)49(37-27-28-40-38-16-7-9-20-45(38)50-47(40)31-37)44-19-11-18-41-39-17-8-10-21-46(39)51-48(41)44/h1-31H. The Morgan fingerprint density at radius 1 is 0.314 bits per heavy atom. The number of hydrogen-bond acceptors (Lipinski definition) is 3. The summed E-state index contributed by atoms with van der Waals surface area (Å²) in [6, 6.07) is 68.7. The van der Waals surface area contributed by atoms with Crippen molar-refractivity contribution in [2.75, 3.05) is 4.90 Å². The zero-order valence-corrected chi connectivity index (χ0v) is 29.3. The minimum atomic E-state index is 1.15. The van der Waals surface area contributed by atoms with Crippen molar-refractivity contribution in [1.29, 1.82) is 0 Å². The minimum Gasteiger partial charge on any atom is -0.308 e. The molecule has 0 aliphatic carbocycles. The van der Waals surface area contributed by atoms with Crippen molar-refractivity contribution in [2.45, 2.75) is 0 Å². The van der Waals surface area contributed by atoms with Gasteiger partial charge in [-0.15, -0.1) is 22.7 Å². The highest BCUT2D eigenvalue weighted by molar-refractivity contribution is 7.26. The van der Waals surface area contributed by atoms with Crippen LogP contribution in [0.25, 0.3) is 73.7 Å². The predicted molar refractivity (Wildman–Crippen MR) is 223 cm³/mol. The Labute approximate surface area is 304 Å². The van der Waals surface area contributed by atoms with Crippen LogP contribution in [-0.2, 0) is 0 Å². The van der Waals surface area contributed by atoms with Gasteiger partial charge in [-0.2, -0.15) is 0 Å². The molecule has 0 spiro atoms. The summed E-state index contributed by atoms with van der Waals surface area (Å²) in [7, 11) is 0. The molecule has 0 radical (unpaired) electrons. The van der Waals surface area contributed by atoms with Crippen LogP contribution in [0.5, 0.6) is 0 Å². The van der Waals surface area contributed by atoms with E-state index < -0.39 is 0 Å². The second-order valence-electron chi connectivity index (χ2n) is 12.9. The summed E-state index contributed by atoms with van der Waals surface area (Å²) in [5.41, 5.74) is 10.7. The van der Waals surface area contributed by atoms with E-state index in [9.17, 15) is 0 Å². The Morgan fingerprint density at radius 2 is 0.863 bits per heavy atom. The fourth-order valence-electron chi connectivity index (χ4n) is 7.42. The van der Waals surface area contributed by atoms with Gasteiger partial charge in [0.05, 0.1) is 16.1 Å². The zero-order valence-electron chi connectivity index (χ0n) is 27.7. The molecule has 0 aliphatic rings. The van der Waals surface area contributed by atoms with Gasteiger partial charge in [-0.1, -0.05) is 146 Å². The molecular weight excluding hydrogens is 655 g/mol. The summed E-state index contributed by atoms with van der Waals surface area (Å²) in [6.45, 7) is 0. The van der Waals surface area contributed by atoms with Gasteiger partial charge >= 0.3 is 0 Å². The van der Waals surface area contributed by atoms with Gasteiger partial charge in [0.2, 0.25) is 0 Å². The summed E-state index contributed by atoms with van der Waals surface area (Å²) in [4.78, 5) is 2.49. The van der Waals surface area contributed by atoms with Crippen molar-refractivity contribution in [3.8, 4) is 33.4 Å². The van der Waals surface area contributed by atoms with Gasteiger partial charge in [0, 0.05) is 46.9 Å². The summed E-state index contributed by atoms with van der Waals surface area (Å²) in [5, 5.41) is 5.21. The van der Waals surface area contributed by atoms with Crippen LogP contribution in [-0.4, -0.2) is 0 Å². The molecule has 0 fully saturated rings. The molecule has 0 N–H and O–H groups in total. The Balaban J connectivity index is 1.20. The topological polar surface area (TPSA) is 3.24 Å². The van der Waals surface area contributed by atoms with E-state index in [-0.39, 0.29) is 0 Å². The normalized spacial score (nSPS) is 11.5. The van der Waals surface area contributed by atoms with Gasteiger partial charge in [-0.05, 0) is 70.3 Å². The van der Waals surface area contributed by atoms with Crippen LogP contribution >= 0.6 is 22.7 Å². The monoisotopic (exact) mass is 685 g/mol. The molecule has 0 unspecified atom stereocenters. The quantitative estimate of drug-likeness (QED) is 0.168. The predicted octanol–water partition coefficient (Wildman–Crippen LogP) is 14.9. The van der Waals surface area contributed by atoms with E-state index in [1.165, 1.54) is 79.4 Å². The summed E-state index contributed by atoms with van der Waals surface area (Å²) in [6.07, 6.45) is 0. The first kappa shape index (κ1) is 29.9. The average molecular weight is 686 g/mol. The molecule has 0 atom stereocenters. The van der Waals surface area contributed by atoms with Gasteiger partial charge in [0.15, 0.2) is 0 Å². The zero-order chi connectivity index (χ0) is 33.7. The van der Waals surface area contributed by atoms with E-state index in [1.807, 2.05) is 22.7 Å². The Hall–Kier alpha value is -6.00. The van der Waals surface area contributed by atoms with Crippen molar-refractivity contribution < 1.29 is 0 Å². The highest BCUT2D eigenvalue weighted by atomic mass is 32.1. The maximum absolute atomic E-state index is 2.49. The molecule has 3 heteroatoms. The summed E-state index contributed by atoms with van der Waals surface area (Å²) in [5.74, 6) is 0. The Morgan fingerprint density at radius 3 is 1.61 bits per heavy atom. The van der Waals surface area contributed by atoms with Gasteiger partial charge in [-0.25, -0.2) is 0 Å². The molecule has 2 aromatic heterocycles. The molecular formula is C48H31NS2. The van der Waals surface area contributed by atoms with E-state index in [0.29, 0.717) is 0 Å². The third-order valence-corrected chi connectivity index (χ3v) is 12.2. The summed E-state index contributed by atoms with van der Waals surface area (Å²) >= 11 is 3.74. The maximum Gasteiger partial charge on any atom is 0.0640 e. The number of hydrogen-bond donors (Lipinski definition) is 0. The third kappa shape index (κ3) is 5.21. The van der Waals surface area contributed by atoms with E-state index >= 15 is 0 Å². The largest absolute Gasteiger partial charge is 0.308 e. The first-order valence-corrected chi connectivity index (χ1v) is 18.9. The molecule has 8 aromatic carbocycles. The van der Waals surface area contributed by atoms with E-state index in [4.69, 9.17) is 0 Å². The summed E-state index contributed by atoms with van der Waals surface area (Å²) < 4.78 is 5.20.